The van der Waals surface area contributed by atoms with Gasteiger partial charge in [-0.3, -0.25) is 9.59 Å². The molecule has 148 valence electrons. The van der Waals surface area contributed by atoms with Gasteiger partial charge >= 0.3 is 0 Å². The van der Waals surface area contributed by atoms with Crippen LogP contribution >= 0.6 is 24.0 Å². The first-order valence-corrected chi connectivity index (χ1v) is 8.92. The normalized spacial score (nSPS) is 11.5. The molecule has 1 aromatic rings. The van der Waals surface area contributed by atoms with Gasteiger partial charge in [-0.25, -0.2) is 0 Å². The molecule has 1 rings (SSSR count). The Morgan fingerprint density at radius 2 is 1.88 bits per heavy atom. The SMILES string of the molecule is CCN(CC)C(=O)COc1ccc(NC(=O)[C@@H](N)CC(C)C)cc1Cl.Cl. The number of rotatable bonds is 9. The fraction of sp³-hybridized carbons (Fsp3) is 0.556. The van der Waals surface area contributed by atoms with Crippen LogP contribution < -0.4 is 15.8 Å². The Hall–Kier alpha value is -1.50. The Balaban J connectivity index is 0.00000625. The summed E-state index contributed by atoms with van der Waals surface area (Å²) >= 11 is 6.18. The van der Waals surface area contributed by atoms with Gasteiger partial charge in [0.2, 0.25) is 5.91 Å². The Morgan fingerprint density at radius 1 is 1.27 bits per heavy atom. The number of carbonyl (C=O) groups is 2. The lowest BCUT2D eigenvalue weighted by Gasteiger charge is -2.19. The van der Waals surface area contributed by atoms with E-state index in [2.05, 4.69) is 5.32 Å². The minimum Gasteiger partial charge on any atom is -0.482 e. The van der Waals surface area contributed by atoms with E-state index in [1.54, 1.807) is 23.1 Å². The van der Waals surface area contributed by atoms with Crippen molar-refractivity contribution in [2.24, 2.45) is 11.7 Å². The second-order valence-electron chi connectivity index (χ2n) is 6.23. The Bertz CT molecular complexity index is 593. The standard InChI is InChI=1S/C18H28ClN3O3.ClH/c1-5-22(6-2)17(23)11-25-16-8-7-13(10-14(16)19)21-18(24)15(20)9-12(3)4;/h7-8,10,12,15H,5-6,9,11,20H2,1-4H3,(H,21,24);1H/t15-;/m0./s1. The lowest BCUT2D eigenvalue weighted by Crippen LogP contribution is -2.36. The van der Waals surface area contributed by atoms with E-state index in [-0.39, 0.29) is 30.8 Å². The lowest BCUT2D eigenvalue weighted by molar-refractivity contribution is -0.133. The summed E-state index contributed by atoms with van der Waals surface area (Å²) in [4.78, 5) is 25.7. The van der Waals surface area contributed by atoms with Crippen LogP contribution in [0.2, 0.25) is 5.02 Å². The smallest absolute Gasteiger partial charge is 0.260 e. The van der Waals surface area contributed by atoms with Crippen molar-refractivity contribution in [3.8, 4) is 5.75 Å². The van der Waals surface area contributed by atoms with Crippen molar-refractivity contribution in [2.75, 3.05) is 25.0 Å². The summed E-state index contributed by atoms with van der Waals surface area (Å²) in [6.45, 7) is 9.03. The summed E-state index contributed by atoms with van der Waals surface area (Å²) in [5.41, 5.74) is 6.40. The zero-order valence-electron chi connectivity index (χ0n) is 15.8. The van der Waals surface area contributed by atoms with Crippen molar-refractivity contribution in [1.29, 1.82) is 0 Å². The van der Waals surface area contributed by atoms with Crippen LogP contribution in [0.5, 0.6) is 5.75 Å². The predicted molar refractivity (Wildman–Crippen MR) is 108 cm³/mol. The first kappa shape index (κ1) is 24.5. The lowest BCUT2D eigenvalue weighted by atomic mass is 10.0. The van der Waals surface area contributed by atoms with E-state index in [1.165, 1.54) is 0 Å². The first-order chi connectivity index (χ1) is 11.8. The van der Waals surface area contributed by atoms with E-state index < -0.39 is 6.04 Å². The number of nitrogens with zero attached hydrogens (tertiary/aromatic N) is 1. The average Bonchev–Trinajstić information content (AvgIpc) is 2.54. The number of nitrogens with two attached hydrogens (primary N) is 1. The second-order valence-corrected chi connectivity index (χ2v) is 6.63. The third-order valence-electron chi connectivity index (χ3n) is 3.73. The van der Waals surface area contributed by atoms with Crippen LogP contribution in [-0.4, -0.2) is 42.5 Å². The predicted octanol–water partition coefficient (Wildman–Crippen LogP) is 3.32. The van der Waals surface area contributed by atoms with Gasteiger partial charge in [0, 0.05) is 18.8 Å². The molecular formula is C18H29Cl2N3O3. The summed E-state index contributed by atoms with van der Waals surface area (Å²) in [6, 6.07) is 4.31. The summed E-state index contributed by atoms with van der Waals surface area (Å²) in [5.74, 6) is 0.378. The van der Waals surface area contributed by atoms with E-state index in [1.807, 2.05) is 27.7 Å². The van der Waals surface area contributed by atoms with Crippen LogP contribution in [-0.2, 0) is 9.59 Å². The number of hydrogen-bond donors (Lipinski definition) is 2. The third-order valence-corrected chi connectivity index (χ3v) is 4.02. The summed E-state index contributed by atoms with van der Waals surface area (Å²) in [7, 11) is 0. The topological polar surface area (TPSA) is 84.7 Å². The maximum absolute atomic E-state index is 12.0. The summed E-state index contributed by atoms with van der Waals surface area (Å²) in [6.07, 6.45) is 0.605. The molecule has 26 heavy (non-hydrogen) atoms. The molecule has 0 bridgehead atoms. The van der Waals surface area contributed by atoms with Gasteiger partial charge < -0.3 is 20.7 Å². The number of ether oxygens (including phenoxy) is 1. The number of nitrogens with one attached hydrogen (secondary N) is 1. The van der Waals surface area contributed by atoms with E-state index in [0.29, 0.717) is 41.9 Å². The Morgan fingerprint density at radius 3 is 2.38 bits per heavy atom. The van der Waals surface area contributed by atoms with Gasteiger partial charge in [0.25, 0.3) is 5.91 Å². The molecule has 0 spiro atoms. The van der Waals surface area contributed by atoms with E-state index in [9.17, 15) is 9.59 Å². The molecule has 0 fully saturated rings. The molecule has 0 radical (unpaired) electrons. The molecule has 0 aliphatic carbocycles. The van der Waals surface area contributed by atoms with Gasteiger partial charge in [-0.2, -0.15) is 0 Å². The van der Waals surface area contributed by atoms with Crippen LogP contribution in [0.3, 0.4) is 0 Å². The molecule has 0 saturated heterocycles. The highest BCUT2D eigenvalue weighted by atomic mass is 35.5. The molecule has 6 nitrogen and oxygen atoms in total. The van der Waals surface area contributed by atoms with Crippen LogP contribution in [0.4, 0.5) is 5.69 Å². The molecule has 1 aromatic carbocycles. The minimum absolute atomic E-state index is 0. The molecule has 0 aliphatic rings. The fourth-order valence-electron chi connectivity index (χ4n) is 2.35. The number of amides is 2. The fourth-order valence-corrected chi connectivity index (χ4v) is 2.59. The first-order valence-electron chi connectivity index (χ1n) is 8.55. The highest BCUT2D eigenvalue weighted by Gasteiger charge is 2.16. The highest BCUT2D eigenvalue weighted by Crippen LogP contribution is 2.28. The van der Waals surface area contributed by atoms with Gasteiger partial charge in [0.15, 0.2) is 6.61 Å². The molecule has 2 amide bonds. The Labute approximate surface area is 166 Å². The molecule has 0 unspecified atom stereocenters. The molecule has 1 atom stereocenters. The highest BCUT2D eigenvalue weighted by molar-refractivity contribution is 6.32. The number of likely N-dealkylation sites (N-methyl/N-ethyl adjacent to an activating group) is 1. The monoisotopic (exact) mass is 405 g/mol. The number of halogens is 2. The van der Waals surface area contributed by atoms with Crippen LogP contribution in [0.1, 0.15) is 34.1 Å². The van der Waals surface area contributed by atoms with Crippen molar-refractivity contribution < 1.29 is 14.3 Å². The van der Waals surface area contributed by atoms with Crippen molar-refractivity contribution in [2.45, 2.75) is 40.2 Å². The molecule has 8 heteroatoms. The number of benzene rings is 1. The molecule has 0 heterocycles. The molecular weight excluding hydrogens is 377 g/mol. The van der Waals surface area contributed by atoms with Crippen LogP contribution in [0.25, 0.3) is 0 Å². The van der Waals surface area contributed by atoms with Gasteiger partial charge in [-0.15, -0.1) is 12.4 Å². The van der Waals surface area contributed by atoms with Crippen LogP contribution in [0.15, 0.2) is 18.2 Å². The van der Waals surface area contributed by atoms with Gasteiger partial charge in [-0.1, -0.05) is 25.4 Å². The number of carbonyl (C=O) groups excluding carboxylic acids is 2. The quantitative estimate of drug-likeness (QED) is 0.659. The Kier molecular flexibility index (Phi) is 11.3. The third kappa shape index (κ3) is 7.81. The van der Waals surface area contributed by atoms with Crippen molar-refractivity contribution in [3.05, 3.63) is 23.2 Å². The van der Waals surface area contributed by atoms with Gasteiger partial charge in [0.05, 0.1) is 11.1 Å². The molecule has 3 N–H and O–H groups in total. The maximum Gasteiger partial charge on any atom is 0.260 e. The minimum atomic E-state index is -0.568. The molecule has 0 saturated carbocycles. The molecule has 0 aromatic heterocycles. The van der Waals surface area contributed by atoms with Gasteiger partial charge in [0.1, 0.15) is 5.75 Å². The second kappa shape index (κ2) is 12.0. The van der Waals surface area contributed by atoms with Gasteiger partial charge in [-0.05, 0) is 44.4 Å². The van der Waals surface area contributed by atoms with Crippen molar-refractivity contribution >= 4 is 41.5 Å². The zero-order chi connectivity index (χ0) is 19.0. The van der Waals surface area contributed by atoms with E-state index in [4.69, 9.17) is 22.1 Å². The van der Waals surface area contributed by atoms with Crippen LogP contribution in [0, 0.1) is 5.92 Å². The molecule has 0 aliphatic heterocycles. The average molecular weight is 406 g/mol. The zero-order valence-corrected chi connectivity index (χ0v) is 17.3. The number of hydrogen-bond acceptors (Lipinski definition) is 4. The summed E-state index contributed by atoms with van der Waals surface area (Å²) < 4.78 is 5.48. The van der Waals surface area contributed by atoms with Crippen molar-refractivity contribution in [1.82, 2.24) is 4.90 Å². The maximum atomic E-state index is 12.0. The van der Waals surface area contributed by atoms with E-state index >= 15 is 0 Å². The van der Waals surface area contributed by atoms with E-state index in [0.717, 1.165) is 0 Å². The number of anilines is 1. The summed E-state index contributed by atoms with van der Waals surface area (Å²) in [5, 5.41) is 3.06. The van der Waals surface area contributed by atoms with Crippen molar-refractivity contribution in [3.63, 3.8) is 0 Å². The largest absolute Gasteiger partial charge is 0.482 e.